The Hall–Kier alpha value is -0.610. The van der Waals surface area contributed by atoms with Crippen molar-refractivity contribution in [1.82, 2.24) is 5.32 Å². The third-order valence-corrected chi connectivity index (χ3v) is 4.32. The second-order valence-corrected chi connectivity index (χ2v) is 5.53. The summed E-state index contributed by atoms with van der Waals surface area (Å²) < 4.78 is 10.7. The zero-order chi connectivity index (χ0) is 11.7. The molecule has 1 aliphatic carbocycles. The monoisotopic (exact) mass is 239 g/mol. The van der Waals surface area contributed by atoms with Gasteiger partial charge < -0.3 is 14.8 Å². The molecule has 3 fully saturated rings. The summed E-state index contributed by atoms with van der Waals surface area (Å²) in [5.74, 6) is 0.635. The van der Waals surface area contributed by atoms with Crippen LogP contribution in [-0.4, -0.2) is 37.4 Å². The maximum Gasteiger partial charge on any atom is 0.323 e. The lowest BCUT2D eigenvalue weighted by molar-refractivity contribution is -0.151. The summed E-state index contributed by atoms with van der Waals surface area (Å²) in [5, 5.41) is 3.45. The molecule has 17 heavy (non-hydrogen) atoms. The van der Waals surface area contributed by atoms with E-state index in [-0.39, 0.29) is 18.1 Å². The summed E-state index contributed by atoms with van der Waals surface area (Å²) in [6.07, 6.45) is 6.93. The molecule has 4 nitrogen and oxygen atoms in total. The van der Waals surface area contributed by atoms with Crippen molar-refractivity contribution in [2.75, 3.05) is 13.2 Å². The number of nitrogens with one attached hydrogen (secondary N) is 1. The Morgan fingerprint density at radius 2 is 2.12 bits per heavy atom. The number of fused-ring (bicyclic) bond motifs is 1. The highest BCUT2D eigenvalue weighted by atomic mass is 16.6. The number of hydrogen-bond acceptors (Lipinski definition) is 4. The van der Waals surface area contributed by atoms with Crippen molar-refractivity contribution < 1.29 is 14.3 Å². The molecule has 4 heteroatoms. The van der Waals surface area contributed by atoms with E-state index in [9.17, 15) is 4.79 Å². The first-order valence-electron chi connectivity index (χ1n) is 6.87. The highest BCUT2D eigenvalue weighted by molar-refractivity contribution is 5.76. The second-order valence-electron chi connectivity index (χ2n) is 5.53. The fourth-order valence-corrected chi connectivity index (χ4v) is 3.35. The average molecular weight is 239 g/mol. The largest absolute Gasteiger partial charge is 0.459 e. The van der Waals surface area contributed by atoms with E-state index >= 15 is 0 Å². The molecule has 1 saturated carbocycles. The van der Waals surface area contributed by atoms with Crippen LogP contribution in [0.25, 0.3) is 0 Å². The van der Waals surface area contributed by atoms with Crippen LogP contribution in [0.15, 0.2) is 0 Å². The smallest absolute Gasteiger partial charge is 0.323 e. The summed E-state index contributed by atoms with van der Waals surface area (Å²) in [4.78, 5) is 12.0. The van der Waals surface area contributed by atoms with E-state index in [1.54, 1.807) is 0 Å². The van der Waals surface area contributed by atoms with Crippen LogP contribution in [0.3, 0.4) is 0 Å². The van der Waals surface area contributed by atoms with Gasteiger partial charge in [0.25, 0.3) is 0 Å². The molecular formula is C13H21NO3. The van der Waals surface area contributed by atoms with Crippen LogP contribution in [0, 0.1) is 5.92 Å². The van der Waals surface area contributed by atoms with Gasteiger partial charge in [-0.25, -0.2) is 0 Å². The number of ether oxygens (including phenoxy) is 2. The minimum absolute atomic E-state index is 0.00747. The van der Waals surface area contributed by atoms with E-state index < -0.39 is 0 Å². The first kappa shape index (κ1) is 11.5. The molecule has 0 aromatic carbocycles. The Kier molecular flexibility index (Phi) is 3.34. The highest BCUT2D eigenvalue weighted by Crippen LogP contribution is 2.33. The van der Waals surface area contributed by atoms with Crippen molar-refractivity contribution in [2.24, 2.45) is 5.92 Å². The summed E-state index contributed by atoms with van der Waals surface area (Å²) in [6.45, 7) is 1.30. The number of esters is 1. The minimum Gasteiger partial charge on any atom is -0.459 e. The zero-order valence-corrected chi connectivity index (χ0v) is 10.2. The van der Waals surface area contributed by atoms with E-state index in [0.717, 1.165) is 19.4 Å². The van der Waals surface area contributed by atoms with Crippen molar-refractivity contribution in [3.8, 4) is 0 Å². The molecule has 0 bridgehead atoms. The molecule has 0 aromatic heterocycles. The Balaban J connectivity index is 1.52. The van der Waals surface area contributed by atoms with Crippen LogP contribution in [0.1, 0.15) is 38.5 Å². The Morgan fingerprint density at radius 1 is 1.24 bits per heavy atom. The Labute approximate surface area is 102 Å². The average Bonchev–Trinajstić information content (AvgIpc) is 2.96. The topological polar surface area (TPSA) is 47.6 Å². The highest BCUT2D eigenvalue weighted by Gasteiger charge is 2.39. The molecule has 3 aliphatic rings. The standard InChI is InChI=1S/C13H21NO3/c15-13(17-10-5-6-16-8-10)12-7-9-3-1-2-4-11(9)14-12/h9-12,14H,1-8H2. The van der Waals surface area contributed by atoms with E-state index in [0.29, 0.717) is 18.6 Å². The maximum atomic E-state index is 12.0. The molecule has 96 valence electrons. The summed E-state index contributed by atoms with van der Waals surface area (Å²) in [7, 11) is 0. The number of hydrogen-bond donors (Lipinski definition) is 1. The zero-order valence-electron chi connectivity index (χ0n) is 10.2. The van der Waals surface area contributed by atoms with Crippen molar-refractivity contribution in [1.29, 1.82) is 0 Å². The lowest BCUT2D eigenvalue weighted by Gasteiger charge is -2.24. The van der Waals surface area contributed by atoms with Crippen LogP contribution < -0.4 is 5.32 Å². The van der Waals surface area contributed by atoms with Crippen LogP contribution in [0.2, 0.25) is 0 Å². The number of rotatable bonds is 2. The molecule has 0 radical (unpaired) electrons. The lowest BCUT2D eigenvalue weighted by Crippen LogP contribution is -2.39. The van der Waals surface area contributed by atoms with Gasteiger partial charge in [-0.1, -0.05) is 12.8 Å². The SMILES string of the molecule is O=C(OC1CCOC1)C1CC2CCCCC2N1. The fourth-order valence-electron chi connectivity index (χ4n) is 3.35. The molecule has 0 spiro atoms. The third-order valence-electron chi connectivity index (χ3n) is 4.32. The van der Waals surface area contributed by atoms with E-state index in [2.05, 4.69) is 5.32 Å². The van der Waals surface area contributed by atoms with E-state index in [4.69, 9.17) is 9.47 Å². The normalized spacial score (nSPS) is 41.2. The molecular weight excluding hydrogens is 218 g/mol. The van der Waals surface area contributed by atoms with Crippen molar-refractivity contribution in [2.45, 2.75) is 56.7 Å². The van der Waals surface area contributed by atoms with Gasteiger partial charge in [0.2, 0.25) is 0 Å². The van der Waals surface area contributed by atoms with Gasteiger partial charge in [-0.15, -0.1) is 0 Å². The summed E-state index contributed by atoms with van der Waals surface area (Å²) in [6, 6.07) is 0.491. The number of carbonyl (C=O) groups excluding carboxylic acids is 1. The summed E-state index contributed by atoms with van der Waals surface area (Å²) in [5.41, 5.74) is 0. The predicted octanol–water partition coefficient (Wildman–Crippen LogP) is 1.24. The number of carbonyl (C=O) groups is 1. The molecule has 4 atom stereocenters. The van der Waals surface area contributed by atoms with Gasteiger partial charge in [-0.05, 0) is 25.2 Å². The first-order chi connectivity index (χ1) is 8.33. The maximum absolute atomic E-state index is 12.0. The molecule has 0 amide bonds. The molecule has 1 N–H and O–H groups in total. The quantitative estimate of drug-likeness (QED) is 0.737. The van der Waals surface area contributed by atoms with Gasteiger partial charge in [0.05, 0.1) is 13.2 Å². The minimum atomic E-state index is -0.0660. The van der Waals surface area contributed by atoms with Crippen molar-refractivity contribution in [3.63, 3.8) is 0 Å². The van der Waals surface area contributed by atoms with Crippen molar-refractivity contribution >= 4 is 5.97 Å². The van der Waals surface area contributed by atoms with E-state index in [1.165, 1.54) is 25.7 Å². The summed E-state index contributed by atoms with van der Waals surface area (Å²) >= 11 is 0. The van der Waals surface area contributed by atoms with Gasteiger partial charge in [0, 0.05) is 12.5 Å². The lowest BCUT2D eigenvalue weighted by atomic mass is 9.85. The van der Waals surface area contributed by atoms with Gasteiger partial charge in [-0.3, -0.25) is 4.79 Å². The van der Waals surface area contributed by atoms with Crippen LogP contribution in [0.5, 0.6) is 0 Å². The molecule has 2 heterocycles. The van der Waals surface area contributed by atoms with Crippen molar-refractivity contribution in [3.05, 3.63) is 0 Å². The molecule has 2 aliphatic heterocycles. The second kappa shape index (κ2) is 4.94. The Bertz CT molecular complexity index is 274. The predicted molar refractivity (Wildman–Crippen MR) is 62.6 cm³/mol. The van der Waals surface area contributed by atoms with Gasteiger partial charge in [-0.2, -0.15) is 0 Å². The molecule has 4 unspecified atom stereocenters. The van der Waals surface area contributed by atoms with Gasteiger partial charge >= 0.3 is 5.97 Å². The van der Waals surface area contributed by atoms with Gasteiger partial charge in [0.1, 0.15) is 12.1 Å². The molecule has 0 aromatic rings. The third kappa shape index (κ3) is 2.47. The van der Waals surface area contributed by atoms with Crippen LogP contribution in [-0.2, 0) is 14.3 Å². The van der Waals surface area contributed by atoms with Crippen LogP contribution in [0.4, 0.5) is 0 Å². The molecule has 2 saturated heterocycles. The van der Waals surface area contributed by atoms with Crippen LogP contribution >= 0.6 is 0 Å². The Morgan fingerprint density at radius 3 is 2.88 bits per heavy atom. The van der Waals surface area contributed by atoms with Gasteiger partial charge in [0.15, 0.2) is 0 Å². The molecule has 3 rings (SSSR count). The fraction of sp³-hybridized carbons (Fsp3) is 0.923. The first-order valence-corrected chi connectivity index (χ1v) is 6.87. The van der Waals surface area contributed by atoms with E-state index in [1.807, 2.05) is 0 Å².